The second kappa shape index (κ2) is 9.11. The highest BCUT2D eigenvalue weighted by Gasteiger charge is 2.29. The van der Waals surface area contributed by atoms with E-state index >= 15 is 0 Å². The van der Waals surface area contributed by atoms with Crippen LogP contribution in [0.3, 0.4) is 0 Å². The molecule has 1 aliphatic heterocycles. The molecule has 156 valence electrons. The van der Waals surface area contributed by atoms with Gasteiger partial charge in [0.1, 0.15) is 11.4 Å². The van der Waals surface area contributed by atoms with Crippen molar-refractivity contribution < 1.29 is 4.79 Å². The molecule has 2 aliphatic rings. The first kappa shape index (κ1) is 20.1. The van der Waals surface area contributed by atoms with Crippen LogP contribution in [0, 0.1) is 11.8 Å². The molecule has 2 aromatic rings. The number of nitrogens with zero attached hydrogens (tertiary/aromatic N) is 1. The smallest absolute Gasteiger partial charge is 0.253 e. The Morgan fingerprint density at radius 3 is 2.52 bits per heavy atom. The molecule has 0 spiro atoms. The third kappa shape index (κ3) is 4.55. The van der Waals surface area contributed by atoms with E-state index in [9.17, 15) is 14.4 Å². The molecule has 1 aromatic carbocycles. The van der Waals surface area contributed by atoms with Crippen molar-refractivity contribution in [2.75, 3.05) is 29.9 Å². The van der Waals surface area contributed by atoms with Gasteiger partial charge in [-0.05, 0) is 62.3 Å². The summed E-state index contributed by atoms with van der Waals surface area (Å²) in [7, 11) is 0. The van der Waals surface area contributed by atoms with Crippen molar-refractivity contribution >= 4 is 28.6 Å². The lowest BCUT2D eigenvalue weighted by molar-refractivity contribution is -0.126. The first-order valence-corrected chi connectivity index (χ1v) is 11.6. The van der Waals surface area contributed by atoms with Crippen molar-refractivity contribution in [3.8, 4) is 0 Å². The lowest BCUT2D eigenvalue weighted by Crippen LogP contribution is -2.45. The SMILES string of the molecule is O=C(NCc1cccs1)C1CCC(CNc2c(N3CCCCC3)c(=O)c2=O)CC1. The van der Waals surface area contributed by atoms with E-state index in [1.54, 1.807) is 11.3 Å². The van der Waals surface area contributed by atoms with E-state index in [4.69, 9.17) is 0 Å². The van der Waals surface area contributed by atoms with Gasteiger partial charge in [-0.25, -0.2) is 0 Å². The molecule has 7 heteroatoms. The predicted octanol–water partition coefficient (Wildman–Crippen LogP) is 2.87. The van der Waals surface area contributed by atoms with Crippen LogP contribution in [0.25, 0.3) is 0 Å². The molecule has 6 nitrogen and oxygen atoms in total. The van der Waals surface area contributed by atoms with Gasteiger partial charge in [0.05, 0.1) is 6.54 Å². The van der Waals surface area contributed by atoms with Crippen LogP contribution in [-0.2, 0) is 11.3 Å². The summed E-state index contributed by atoms with van der Waals surface area (Å²) in [6.07, 6.45) is 7.06. The normalized spacial score (nSPS) is 22.6. The number of rotatable bonds is 7. The molecule has 4 rings (SSSR count). The summed E-state index contributed by atoms with van der Waals surface area (Å²) >= 11 is 1.66. The summed E-state index contributed by atoms with van der Waals surface area (Å²) in [4.78, 5) is 39.8. The maximum atomic E-state index is 12.4. The van der Waals surface area contributed by atoms with E-state index < -0.39 is 0 Å². The van der Waals surface area contributed by atoms with E-state index in [1.807, 2.05) is 17.5 Å². The molecular formula is C22H29N3O3S. The largest absolute Gasteiger partial charge is 0.380 e. The van der Waals surface area contributed by atoms with Gasteiger partial charge in [0.15, 0.2) is 0 Å². The first-order valence-electron chi connectivity index (χ1n) is 10.8. The molecule has 0 bridgehead atoms. The summed E-state index contributed by atoms with van der Waals surface area (Å²) in [6, 6.07) is 4.03. The summed E-state index contributed by atoms with van der Waals surface area (Å²) < 4.78 is 0. The summed E-state index contributed by atoms with van der Waals surface area (Å²) in [5.74, 6) is 0.677. The van der Waals surface area contributed by atoms with Crippen molar-refractivity contribution in [2.24, 2.45) is 11.8 Å². The Morgan fingerprint density at radius 1 is 1.07 bits per heavy atom. The average Bonchev–Trinajstić information content (AvgIpc) is 3.29. The highest BCUT2D eigenvalue weighted by Crippen LogP contribution is 2.30. The molecule has 2 N–H and O–H groups in total. The Kier molecular flexibility index (Phi) is 6.33. The van der Waals surface area contributed by atoms with Crippen LogP contribution in [0.1, 0.15) is 49.8 Å². The Hall–Kier alpha value is -2.15. The summed E-state index contributed by atoms with van der Waals surface area (Å²) in [5, 5.41) is 8.34. The van der Waals surface area contributed by atoms with Crippen LogP contribution in [0.4, 0.5) is 11.4 Å². The Balaban J connectivity index is 1.23. The minimum absolute atomic E-state index is 0.0845. The highest BCUT2D eigenvalue weighted by atomic mass is 32.1. The third-order valence-corrected chi connectivity index (χ3v) is 7.24. The summed E-state index contributed by atoms with van der Waals surface area (Å²) in [6.45, 7) is 3.05. The van der Waals surface area contributed by atoms with Gasteiger partial charge in [0, 0.05) is 30.4 Å². The minimum atomic E-state index is -0.368. The number of thiophene rings is 1. The van der Waals surface area contributed by atoms with Crippen LogP contribution in [0.15, 0.2) is 27.1 Å². The second-order valence-electron chi connectivity index (χ2n) is 8.33. The molecule has 1 amide bonds. The summed E-state index contributed by atoms with van der Waals surface area (Å²) in [5.41, 5.74) is 0.428. The van der Waals surface area contributed by atoms with Crippen molar-refractivity contribution in [1.82, 2.24) is 5.32 Å². The van der Waals surface area contributed by atoms with E-state index in [2.05, 4.69) is 15.5 Å². The molecule has 0 unspecified atom stereocenters. The zero-order valence-electron chi connectivity index (χ0n) is 16.7. The van der Waals surface area contributed by atoms with Gasteiger partial charge in [0.2, 0.25) is 5.91 Å². The average molecular weight is 416 g/mol. The number of hydrogen-bond acceptors (Lipinski definition) is 6. The van der Waals surface area contributed by atoms with Crippen LogP contribution >= 0.6 is 11.3 Å². The Labute approximate surface area is 175 Å². The van der Waals surface area contributed by atoms with Gasteiger partial charge in [0.25, 0.3) is 10.9 Å². The maximum absolute atomic E-state index is 12.4. The minimum Gasteiger partial charge on any atom is -0.380 e. The lowest BCUT2D eigenvalue weighted by Gasteiger charge is -2.32. The van der Waals surface area contributed by atoms with E-state index in [0.717, 1.165) is 51.6 Å². The Bertz CT molecular complexity index is 887. The number of carbonyl (C=O) groups excluding carboxylic acids is 1. The van der Waals surface area contributed by atoms with Crippen LogP contribution in [0.5, 0.6) is 0 Å². The van der Waals surface area contributed by atoms with Gasteiger partial charge in [-0.2, -0.15) is 0 Å². The first-order chi connectivity index (χ1) is 14.1. The monoisotopic (exact) mass is 415 g/mol. The van der Waals surface area contributed by atoms with Gasteiger partial charge in [-0.3, -0.25) is 14.4 Å². The number of amides is 1. The number of piperidine rings is 1. The molecular weight excluding hydrogens is 386 g/mol. The zero-order chi connectivity index (χ0) is 20.2. The fourth-order valence-corrected chi connectivity index (χ4v) is 5.21. The molecule has 1 saturated heterocycles. The molecule has 29 heavy (non-hydrogen) atoms. The van der Waals surface area contributed by atoms with E-state index in [1.165, 1.54) is 11.3 Å². The molecule has 1 saturated carbocycles. The van der Waals surface area contributed by atoms with Crippen LogP contribution < -0.4 is 26.4 Å². The Morgan fingerprint density at radius 2 is 1.83 bits per heavy atom. The molecule has 1 aliphatic carbocycles. The topological polar surface area (TPSA) is 78.5 Å². The van der Waals surface area contributed by atoms with Crippen molar-refractivity contribution in [3.63, 3.8) is 0 Å². The number of hydrogen-bond donors (Lipinski definition) is 2. The van der Waals surface area contributed by atoms with Crippen LogP contribution in [-0.4, -0.2) is 25.5 Å². The maximum Gasteiger partial charge on any atom is 0.253 e. The van der Waals surface area contributed by atoms with Gasteiger partial charge < -0.3 is 15.5 Å². The predicted molar refractivity (Wildman–Crippen MR) is 118 cm³/mol. The second-order valence-corrected chi connectivity index (χ2v) is 9.36. The van der Waals surface area contributed by atoms with Gasteiger partial charge in [-0.15, -0.1) is 11.3 Å². The number of carbonyl (C=O) groups is 1. The third-order valence-electron chi connectivity index (χ3n) is 6.36. The molecule has 1 aromatic heterocycles. The van der Waals surface area contributed by atoms with E-state index in [-0.39, 0.29) is 22.7 Å². The number of anilines is 2. The van der Waals surface area contributed by atoms with E-state index in [0.29, 0.717) is 30.4 Å². The molecule has 0 atom stereocenters. The number of nitrogens with one attached hydrogen (secondary N) is 2. The van der Waals surface area contributed by atoms with Crippen molar-refractivity contribution in [3.05, 3.63) is 42.8 Å². The molecule has 0 radical (unpaired) electrons. The standard InChI is InChI=1S/C22H29N3O3S/c26-20-18(19(21(20)27)25-10-2-1-3-11-25)23-13-15-6-8-16(9-7-15)22(28)24-14-17-5-4-12-29-17/h4-5,12,15-16,23H,1-3,6-11,13-14H2,(H,24,28). The zero-order valence-corrected chi connectivity index (χ0v) is 17.6. The van der Waals surface area contributed by atoms with Crippen molar-refractivity contribution in [2.45, 2.75) is 51.5 Å². The molecule has 2 fully saturated rings. The van der Waals surface area contributed by atoms with Crippen molar-refractivity contribution in [1.29, 1.82) is 0 Å². The molecule has 2 heterocycles. The van der Waals surface area contributed by atoms with Crippen LogP contribution in [0.2, 0.25) is 0 Å². The quantitative estimate of drug-likeness (QED) is 0.680. The lowest BCUT2D eigenvalue weighted by atomic mass is 9.81. The van der Waals surface area contributed by atoms with Gasteiger partial charge in [-0.1, -0.05) is 6.07 Å². The van der Waals surface area contributed by atoms with Gasteiger partial charge >= 0.3 is 0 Å². The fraction of sp³-hybridized carbons (Fsp3) is 0.591. The highest BCUT2D eigenvalue weighted by molar-refractivity contribution is 7.09. The fourth-order valence-electron chi connectivity index (χ4n) is 4.57.